The van der Waals surface area contributed by atoms with Crippen molar-refractivity contribution in [2.45, 2.75) is 76.3 Å². The number of amides is 1. The van der Waals surface area contributed by atoms with Gasteiger partial charge < -0.3 is 9.64 Å². The number of nitrogens with zero attached hydrogens (tertiary/aromatic N) is 3. The third-order valence-electron chi connectivity index (χ3n) is 6.09. The molecule has 1 aromatic heterocycles. The summed E-state index contributed by atoms with van der Waals surface area (Å²) in [6.45, 7) is 0.0513. The molecule has 144 valence electrons. The summed E-state index contributed by atoms with van der Waals surface area (Å²) in [5, 5.41) is 10.0. The Hall–Kier alpha value is -2.17. The molecule has 0 radical (unpaired) electrons. The number of carbonyl (C=O) groups excluding carboxylic acids is 1. The Morgan fingerprint density at radius 1 is 0.963 bits per heavy atom. The summed E-state index contributed by atoms with van der Waals surface area (Å²) in [7, 11) is 0. The number of rotatable bonds is 5. The minimum absolute atomic E-state index is 0.0513. The van der Waals surface area contributed by atoms with Crippen molar-refractivity contribution < 1.29 is 9.53 Å². The van der Waals surface area contributed by atoms with Crippen LogP contribution < -0.4 is 4.74 Å². The molecule has 1 amide bonds. The van der Waals surface area contributed by atoms with Crippen molar-refractivity contribution in [3.63, 3.8) is 0 Å². The van der Waals surface area contributed by atoms with Crippen LogP contribution in [0, 0.1) is 0 Å². The number of hydrogen-bond donors (Lipinski definition) is 0. The van der Waals surface area contributed by atoms with Crippen molar-refractivity contribution in [1.82, 2.24) is 15.1 Å². The van der Waals surface area contributed by atoms with E-state index in [-0.39, 0.29) is 12.5 Å². The lowest BCUT2D eigenvalue weighted by atomic mass is 9.88. The summed E-state index contributed by atoms with van der Waals surface area (Å²) in [4.78, 5) is 15.4. The molecular weight excluding hydrogens is 338 g/mol. The standard InChI is InChI=1S/C22H29N3O2/c26-21(16-27-22-20-14-8-7-9-17(20)15-23-24-22)25(18-10-3-1-4-11-18)19-12-5-2-6-13-19/h7-9,14-15,18-19H,1-6,10-13,16H2. The zero-order chi connectivity index (χ0) is 18.5. The van der Waals surface area contributed by atoms with Crippen LogP contribution in [0.5, 0.6) is 5.88 Å². The van der Waals surface area contributed by atoms with Gasteiger partial charge >= 0.3 is 0 Å². The van der Waals surface area contributed by atoms with Crippen LogP contribution in [0.1, 0.15) is 64.2 Å². The smallest absolute Gasteiger partial charge is 0.261 e. The van der Waals surface area contributed by atoms with E-state index in [9.17, 15) is 4.79 Å². The summed E-state index contributed by atoms with van der Waals surface area (Å²) in [5.41, 5.74) is 0. The van der Waals surface area contributed by atoms with E-state index in [0.717, 1.165) is 36.5 Å². The zero-order valence-corrected chi connectivity index (χ0v) is 16.0. The maximum Gasteiger partial charge on any atom is 0.261 e. The molecule has 27 heavy (non-hydrogen) atoms. The van der Waals surface area contributed by atoms with Gasteiger partial charge in [-0.1, -0.05) is 56.7 Å². The van der Waals surface area contributed by atoms with Crippen LogP contribution in [0.25, 0.3) is 10.8 Å². The Morgan fingerprint density at radius 2 is 1.59 bits per heavy atom. The van der Waals surface area contributed by atoms with E-state index in [4.69, 9.17) is 4.74 Å². The predicted octanol–water partition coefficient (Wildman–Crippen LogP) is 4.50. The second-order valence-electron chi connectivity index (χ2n) is 7.91. The van der Waals surface area contributed by atoms with Gasteiger partial charge in [-0.3, -0.25) is 4.79 Å². The third-order valence-corrected chi connectivity index (χ3v) is 6.09. The van der Waals surface area contributed by atoms with Crippen molar-refractivity contribution in [2.75, 3.05) is 6.61 Å². The molecule has 2 saturated carbocycles. The Labute approximate surface area is 161 Å². The maximum atomic E-state index is 13.2. The van der Waals surface area contributed by atoms with Gasteiger partial charge in [-0.2, -0.15) is 5.10 Å². The van der Waals surface area contributed by atoms with Crippen molar-refractivity contribution >= 4 is 16.7 Å². The molecule has 2 fully saturated rings. The highest BCUT2D eigenvalue weighted by Gasteiger charge is 2.32. The predicted molar refractivity (Wildman–Crippen MR) is 106 cm³/mol. The van der Waals surface area contributed by atoms with Crippen molar-refractivity contribution in [1.29, 1.82) is 0 Å². The number of carbonyl (C=O) groups is 1. The lowest BCUT2D eigenvalue weighted by Crippen LogP contribution is -2.50. The SMILES string of the molecule is O=C(COc1nncc2ccccc12)N(C1CCCCC1)C1CCCCC1. The van der Waals surface area contributed by atoms with E-state index in [1.807, 2.05) is 24.3 Å². The van der Waals surface area contributed by atoms with Gasteiger partial charge in [-0.25, -0.2) is 0 Å². The van der Waals surface area contributed by atoms with Crippen molar-refractivity contribution in [3.8, 4) is 5.88 Å². The molecule has 0 spiro atoms. The Bertz CT molecular complexity index is 744. The fourth-order valence-corrected chi connectivity index (χ4v) is 4.74. The first-order chi connectivity index (χ1) is 13.3. The quantitative estimate of drug-likeness (QED) is 0.781. The lowest BCUT2D eigenvalue weighted by Gasteiger charge is -2.41. The molecule has 4 rings (SSSR count). The summed E-state index contributed by atoms with van der Waals surface area (Å²) >= 11 is 0. The zero-order valence-electron chi connectivity index (χ0n) is 16.0. The van der Waals surface area contributed by atoms with E-state index in [0.29, 0.717) is 18.0 Å². The minimum Gasteiger partial charge on any atom is -0.466 e. The Morgan fingerprint density at radius 3 is 2.26 bits per heavy atom. The minimum atomic E-state index is 0.0513. The molecule has 1 aromatic carbocycles. The highest BCUT2D eigenvalue weighted by molar-refractivity contribution is 5.86. The van der Waals surface area contributed by atoms with Gasteiger partial charge in [0.15, 0.2) is 6.61 Å². The van der Waals surface area contributed by atoms with E-state index in [1.165, 1.54) is 38.5 Å². The lowest BCUT2D eigenvalue weighted by molar-refractivity contribution is -0.140. The number of benzene rings is 1. The Kier molecular flexibility index (Phi) is 5.85. The van der Waals surface area contributed by atoms with Crippen molar-refractivity contribution in [2.24, 2.45) is 0 Å². The highest BCUT2D eigenvalue weighted by atomic mass is 16.5. The molecule has 0 bridgehead atoms. The number of hydrogen-bond acceptors (Lipinski definition) is 4. The first-order valence-electron chi connectivity index (χ1n) is 10.5. The molecule has 0 N–H and O–H groups in total. The van der Waals surface area contributed by atoms with E-state index in [1.54, 1.807) is 6.20 Å². The van der Waals surface area contributed by atoms with Crippen LogP contribution in [-0.4, -0.2) is 39.7 Å². The van der Waals surface area contributed by atoms with E-state index in [2.05, 4.69) is 15.1 Å². The van der Waals surface area contributed by atoms with Gasteiger partial charge in [0, 0.05) is 22.9 Å². The van der Waals surface area contributed by atoms with Gasteiger partial charge in [0.2, 0.25) is 5.88 Å². The van der Waals surface area contributed by atoms with Crippen LogP contribution in [0.3, 0.4) is 0 Å². The van der Waals surface area contributed by atoms with Gasteiger partial charge in [-0.05, 0) is 31.7 Å². The topological polar surface area (TPSA) is 55.3 Å². The van der Waals surface area contributed by atoms with Crippen LogP contribution in [0.4, 0.5) is 0 Å². The van der Waals surface area contributed by atoms with E-state index >= 15 is 0 Å². The average molecular weight is 367 g/mol. The summed E-state index contributed by atoms with van der Waals surface area (Å²) in [5.74, 6) is 0.567. The van der Waals surface area contributed by atoms with E-state index < -0.39 is 0 Å². The fraction of sp³-hybridized carbons (Fsp3) is 0.591. The molecular formula is C22H29N3O2. The normalized spacial score (nSPS) is 19.1. The van der Waals surface area contributed by atoms with Crippen LogP contribution in [0.2, 0.25) is 0 Å². The molecule has 2 aliphatic rings. The van der Waals surface area contributed by atoms with Crippen LogP contribution in [-0.2, 0) is 4.79 Å². The fourth-order valence-electron chi connectivity index (χ4n) is 4.74. The van der Waals surface area contributed by atoms with Crippen molar-refractivity contribution in [3.05, 3.63) is 30.5 Å². The van der Waals surface area contributed by atoms with Crippen LogP contribution >= 0.6 is 0 Å². The summed E-state index contributed by atoms with van der Waals surface area (Å²) in [6, 6.07) is 8.63. The largest absolute Gasteiger partial charge is 0.466 e. The third kappa shape index (κ3) is 4.23. The van der Waals surface area contributed by atoms with Gasteiger partial charge in [-0.15, -0.1) is 5.10 Å². The monoisotopic (exact) mass is 367 g/mol. The molecule has 5 nitrogen and oxygen atoms in total. The number of ether oxygens (including phenoxy) is 1. The number of aromatic nitrogens is 2. The molecule has 2 aliphatic carbocycles. The van der Waals surface area contributed by atoms with Gasteiger partial charge in [0.25, 0.3) is 5.91 Å². The molecule has 0 atom stereocenters. The second-order valence-corrected chi connectivity index (χ2v) is 7.91. The Balaban J connectivity index is 1.48. The summed E-state index contributed by atoms with van der Waals surface area (Å²) < 4.78 is 5.88. The first-order valence-corrected chi connectivity index (χ1v) is 10.5. The molecule has 1 heterocycles. The summed E-state index contributed by atoms with van der Waals surface area (Å²) in [6.07, 6.45) is 13.8. The highest BCUT2D eigenvalue weighted by Crippen LogP contribution is 2.30. The number of fused-ring (bicyclic) bond motifs is 1. The second kappa shape index (κ2) is 8.68. The van der Waals surface area contributed by atoms with Gasteiger partial charge in [0.05, 0.1) is 6.20 Å². The molecule has 5 heteroatoms. The molecule has 0 aliphatic heterocycles. The van der Waals surface area contributed by atoms with Crippen LogP contribution in [0.15, 0.2) is 30.5 Å². The molecule has 2 aromatic rings. The molecule has 0 unspecified atom stereocenters. The molecule has 0 saturated heterocycles. The van der Waals surface area contributed by atoms with Gasteiger partial charge in [0.1, 0.15) is 0 Å². The maximum absolute atomic E-state index is 13.2. The average Bonchev–Trinajstić information content (AvgIpc) is 2.74. The first kappa shape index (κ1) is 18.2.